The first-order chi connectivity index (χ1) is 7.83. The molecular formula is C9H14N2O5S. The fourth-order valence-corrected chi connectivity index (χ4v) is 2.27. The summed E-state index contributed by atoms with van der Waals surface area (Å²) in [5, 5.41) is 17.4. The highest BCUT2D eigenvalue weighted by Crippen LogP contribution is 2.07. The molecule has 96 valence electrons. The molecular weight excluding hydrogens is 248 g/mol. The lowest BCUT2D eigenvalue weighted by Crippen LogP contribution is -2.30. The molecule has 1 rings (SSSR count). The molecule has 0 amide bonds. The Bertz CT molecular complexity index is 493. The topological polar surface area (TPSA) is 109 Å². The number of aliphatic hydroxyl groups excluding tert-OH is 1. The Morgan fingerprint density at radius 2 is 2.24 bits per heavy atom. The van der Waals surface area contributed by atoms with E-state index in [1.165, 1.54) is 12.3 Å². The first-order valence-electron chi connectivity index (χ1n) is 4.85. The van der Waals surface area contributed by atoms with Gasteiger partial charge in [-0.05, 0) is 12.5 Å². The van der Waals surface area contributed by atoms with Gasteiger partial charge < -0.3 is 14.8 Å². The maximum Gasteiger partial charge on any atom is 0.332 e. The van der Waals surface area contributed by atoms with Gasteiger partial charge in [-0.25, -0.2) is 17.9 Å². The molecule has 0 saturated heterocycles. The number of hydrogen-bond acceptors (Lipinski definition) is 4. The monoisotopic (exact) mass is 262 g/mol. The molecule has 1 heterocycles. The Morgan fingerprint density at radius 1 is 1.59 bits per heavy atom. The molecule has 0 saturated carbocycles. The van der Waals surface area contributed by atoms with Crippen molar-refractivity contribution < 1.29 is 23.4 Å². The minimum atomic E-state index is -3.64. The number of nitrogens with one attached hydrogen (secondary N) is 1. The molecule has 7 nitrogen and oxygen atoms in total. The number of carboxylic acid groups (broad SMARTS) is 1. The van der Waals surface area contributed by atoms with Crippen LogP contribution in [0.1, 0.15) is 6.42 Å². The molecule has 0 radical (unpaired) electrons. The highest BCUT2D eigenvalue weighted by atomic mass is 32.2. The molecule has 1 aromatic rings. The van der Waals surface area contributed by atoms with Crippen LogP contribution >= 0.6 is 0 Å². The van der Waals surface area contributed by atoms with Gasteiger partial charge in [0.1, 0.15) is 0 Å². The summed E-state index contributed by atoms with van der Waals surface area (Å²) in [4.78, 5) is 10.4. The summed E-state index contributed by atoms with van der Waals surface area (Å²) in [6.45, 7) is -0.134. The van der Waals surface area contributed by atoms with Crippen LogP contribution in [0.4, 0.5) is 0 Å². The Balaban J connectivity index is 2.54. The van der Waals surface area contributed by atoms with E-state index in [0.29, 0.717) is 0 Å². The van der Waals surface area contributed by atoms with Crippen molar-refractivity contribution in [1.82, 2.24) is 9.29 Å². The van der Waals surface area contributed by atoms with Crippen LogP contribution in [0.25, 0.3) is 0 Å². The fraction of sp³-hybridized carbons (Fsp3) is 0.444. The van der Waals surface area contributed by atoms with Gasteiger partial charge in [0.15, 0.2) is 6.10 Å². The van der Waals surface area contributed by atoms with Gasteiger partial charge in [0.2, 0.25) is 10.0 Å². The average molecular weight is 262 g/mol. The molecule has 8 heteroatoms. The Morgan fingerprint density at radius 3 is 2.71 bits per heavy atom. The van der Waals surface area contributed by atoms with Crippen LogP contribution in [0.5, 0.6) is 0 Å². The van der Waals surface area contributed by atoms with Crippen LogP contribution in [-0.4, -0.2) is 41.8 Å². The summed E-state index contributed by atoms with van der Waals surface area (Å²) in [5.41, 5.74) is 0. The summed E-state index contributed by atoms with van der Waals surface area (Å²) in [7, 11) is -1.95. The summed E-state index contributed by atoms with van der Waals surface area (Å²) >= 11 is 0. The van der Waals surface area contributed by atoms with E-state index in [1.54, 1.807) is 17.8 Å². The molecule has 0 aliphatic carbocycles. The van der Waals surface area contributed by atoms with Crippen molar-refractivity contribution in [3.8, 4) is 0 Å². The second kappa shape index (κ2) is 5.30. The largest absolute Gasteiger partial charge is 0.479 e. The lowest BCUT2D eigenvalue weighted by atomic mass is 10.3. The van der Waals surface area contributed by atoms with Gasteiger partial charge in [-0.15, -0.1) is 0 Å². The third-order valence-corrected chi connectivity index (χ3v) is 3.56. The number of aliphatic hydroxyl groups is 1. The van der Waals surface area contributed by atoms with Crippen molar-refractivity contribution in [3.05, 3.63) is 18.5 Å². The number of carbonyl (C=O) groups is 1. The first-order valence-corrected chi connectivity index (χ1v) is 6.34. The quantitative estimate of drug-likeness (QED) is 0.618. The predicted molar refractivity (Wildman–Crippen MR) is 58.9 cm³/mol. The van der Waals surface area contributed by atoms with E-state index >= 15 is 0 Å². The summed E-state index contributed by atoms with van der Waals surface area (Å²) in [5.74, 6) is -1.37. The zero-order chi connectivity index (χ0) is 13.1. The standard InChI is InChI=1S/C9H14N2O5S/c1-11-5-3-7(6-11)17(15,16)10-4-2-8(12)9(13)14/h3,5-6,8,10,12H,2,4H2,1H3,(H,13,14)/t8-/m0/s1. The van der Waals surface area contributed by atoms with Crippen LogP contribution < -0.4 is 4.72 Å². The highest BCUT2D eigenvalue weighted by Gasteiger charge is 2.17. The van der Waals surface area contributed by atoms with Gasteiger partial charge in [-0.3, -0.25) is 0 Å². The van der Waals surface area contributed by atoms with Crippen LogP contribution in [-0.2, 0) is 21.9 Å². The summed E-state index contributed by atoms with van der Waals surface area (Å²) in [6, 6.07) is 1.43. The first kappa shape index (κ1) is 13.7. The Hall–Kier alpha value is -1.38. The Kier molecular flexibility index (Phi) is 4.27. The number of rotatable bonds is 6. The van der Waals surface area contributed by atoms with E-state index in [0.717, 1.165) is 0 Å². The second-order valence-corrected chi connectivity index (χ2v) is 5.32. The van der Waals surface area contributed by atoms with E-state index in [9.17, 15) is 13.2 Å². The fourth-order valence-electron chi connectivity index (χ4n) is 1.17. The zero-order valence-electron chi connectivity index (χ0n) is 9.20. The molecule has 1 aromatic heterocycles. The molecule has 0 spiro atoms. The van der Waals surface area contributed by atoms with E-state index in [1.807, 2.05) is 0 Å². The number of aliphatic carboxylic acids is 1. The molecule has 0 aliphatic heterocycles. The highest BCUT2D eigenvalue weighted by molar-refractivity contribution is 7.89. The number of nitrogens with zero attached hydrogens (tertiary/aromatic N) is 1. The molecule has 3 N–H and O–H groups in total. The number of carboxylic acids is 1. The smallest absolute Gasteiger partial charge is 0.332 e. The molecule has 1 atom stereocenters. The van der Waals surface area contributed by atoms with E-state index < -0.39 is 22.1 Å². The van der Waals surface area contributed by atoms with E-state index in [2.05, 4.69) is 4.72 Å². The minimum Gasteiger partial charge on any atom is -0.479 e. The van der Waals surface area contributed by atoms with E-state index in [4.69, 9.17) is 10.2 Å². The third-order valence-electron chi connectivity index (χ3n) is 2.11. The number of aromatic nitrogens is 1. The lowest BCUT2D eigenvalue weighted by Gasteiger charge is -2.07. The van der Waals surface area contributed by atoms with Gasteiger partial charge in [0, 0.05) is 26.0 Å². The summed E-state index contributed by atoms with van der Waals surface area (Å²) in [6.07, 6.45) is 1.27. The van der Waals surface area contributed by atoms with Crippen molar-refractivity contribution in [1.29, 1.82) is 0 Å². The SMILES string of the molecule is Cn1ccc(S(=O)(=O)NCC[C@H](O)C(=O)O)c1. The van der Waals surface area contributed by atoms with Gasteiger partial charge in [-0.2, -0.15) is 0 Å². The maximum absolute atomic E-state index is 11.6. The van der Waals surface area contributed by atoms with Crippen molar-refractivity contribution in [2.75, 3.05) is 6.54 Å². The lowest BCUT2D eigenvalue weighted by molar-refractivity contribution is -0.146. The number of sulfonamides is 1. The molecule has 0 unspecified atom stereocenters. The van der Waals surface area contributed by atoms with Crippen LogP contribution in [0.15, 0.2) is 23.4 Å². The molecule has 17 heavy (non-hydrogen) atoms. The van der Waals surface area contributed by atoms with Crippen molar-refractivity contribution >= 4 is 16.0 Å². The predicted octanol–water partition coefficient (Wildman–Crippen LogP) is -0.861. The van der Waals surface area contributed by atoms with Crippen LogP contribution in [0.2, 0.25) is 0 Å². The average Bonchev–Trinajstić information content (AvgIpc) is 2.65. The molecule has 0 aliphatic rings. The normalized spacial score (nSPS) is 13.5. The zero-order valence-corrected chi connectivity index (χ0v) is 10.0. The minimum absolute atomic E-state index is 0.102. The molecule has 0 aromatic carbocycles. The number of aryl methyl sites for hydroxylation is 1. The third kappa shape index (κ3) is 3.84. The van der Waals surface area contributed by atoms with E-state index in [-0.39, 0.29) is 17.9 Å². The van der Waals surface area contributed by atoms with Gasteiger partial charge >= 0.3 is 5.97 Å². The van der Waals surface area contributed by atoms with Gasteiger partial charge in [0.05, 0.1) is 4.90 Å². The Labute approximate surface area is 98.7 Å². The van der Waals surface area contributed by atoms with Crippen LogP contribution in [0, 0.1) is 0 Å². The second-order valence-electron chi connectivity index (χ2n) is 3.55. The summed E-state index contributed by atoms with van der Waals surface area (Å²) < 4.78 is 27.1. The molecule has 0 fully saturated rings. The van der Waals surface area contributed by atoms with Crippen molar-refractivity contribution in [2.45, 2.75) is 17.4 Å². The van der Waals surface area contributed by atoms with Gasteiger partial charge in [0.25, 0.3) is 0 Å². The van der Waals surface area contributed by atoms with Crippen molar-refractivity contribution in [3.63, 3.8) is 0 Å². The number of hydrogen-bond donors (Lipinski definition) is 3. The van der Waals surface area contributed by atoms with Crippen molar-refractivity contribution in [2.24, 2.45) is 7.05 Å². The van der Waals surface area contributed by atoms with Crippen LogP contribution in [0.3, 0.4) is 0 Å². The molecule has 0 bridgehead atoms. The maximum atomic E-state index is 11.6. The van der Waals surface area contributed by atoms with Gasteiger partial charge in [-0.1, -0.05) is 0 Å².